The first kappa shape index (κ1) is 14.4. The molecular weight excluding hydrogens is 300 g/mol. The van der Waals surface area contributed by atoms with Crippen molar-refractivity contribution in [1.82, 2.24) is 4.90 Å². The molecule has 0 bridgehead atoms. The minimum Gasteiger partial charge on any atom is -0.398 e. The molecule has 0 atom stereocenters. The van der Waals surface area contributed by atoms with Crippen LogP contribution < -0.4 is 5.73 Å². The maximum absolute atomic E-state index is 11.8. The van der Waals surface area contributed by atoms with Crippen LogP contribution in [0.3, 0.4) is 0 Å². The van der Waals surface area contributed by atoms with Gasteiger partial charge in [0.15, 0.2) is 0 Å². The fourth-order valence-corrected chi connectivity index (χ4v) is 2.69. The van der Waals surface area contributed by atoms with Crippen molar-refractivity contribution in [2.45, 2.75) is 18.7 Å². The molecule has 0 saturated heterocycles. The monoisotopic (exact) mass is 316 g/mol. The van der Waals surface area contributed by atoms with Gasteiger partial charge in [0, 0.05) is 28.1 Å². The number of halogens is 1. The lowest BCUT2D eigenvalue weighted by molar-refractivity contribution is -0.127. The molecule has 1 aromatic rings. The lowest BCUT2D eigenvalue weighted by Crippen LogP contribution is -2.31. The minimum absolute atomic E-state index is 0.155. The van der Waals surface area contributed by atoms with Gasteiger partial charge in [0.05, 0.1) is 5.75 Å². The van der Waals surface area contributed by atoms with Crippen molar-refractivity contribution in [3.8, 4) is 0 Å². The molecule has 17 heavy (non-hydrogen) atoms. The zero-order valence-electron chi connectivity index (χ0n) is 10.1. The second kappa shape index (κ2) is 6.91. The smallest absolute Gasteiger partial charge is 0.232 e. The molecule has 0 aromatic heterocycles. The summed E-state index contributed by atoms with van der Waals surface area (Å²) < 4.78 is 0.953. The van der Waals surface area contributed by atoms with Crippen molar-refractivity contribution in [2.24, 2.45) is 0 Å². The third kappa shape index (κ3) is 4.24. The third-order valence-electron chi connectivity index (χ3n) is 2.44. The van der Waals surface area contributed by atoms with Crippen molar-refractivity contribution in [1.29, 1.82) is 0 Å². The Kier molecular flexibility index (Phi) is 5.85. The SMILES string of the molecule is CCN(CC)C(=O)CSc1ccc(Br)cc1N. The Hall–Kier alpha value is -0.680. The third-order valence-corrected chi connectivity index (χ3v) is 4.01. The highest BCUT2D eigenvalue weighted by Gasteiger charge is 2.10. The molecule has 0 aliphatic carbocycles. The molecule has 5 heteroatoms. The van der Waals surface area contributed by atoms with E-state index in [0.29, 0.717) is 11.4 Å². The van der Waals surface area contributed by atoms with Gasteiger partial charge in [0.1, 0.15) is 0 Å². The summed E-state index contributed by atoms with van der Waals surface area (Å²) in [5.74, 6) is 0.593. The van der Waals surface area contributed by atoms with Gasteiger partial charge in [-0.25, -0.2) is 0 Å². The van der Waals surface area contributed by atoms with Crippen LogP contribution in [0.4, 0.5) is 5.69 Å². The number of benzene rings is 1. The van der Waals surface area contributed by atoms with Gasteiger partial charge in [-0.2, -0.15) is 0 Å². The molecular formula is C12H17BrN2OS. The number of thioether (sulfide) groups is 1. The number of nitrogens with zero attached hydrogens (tertiary/aromatic N) is 1. The Labute approximate surface area is 115 Å². The van der Waals surface area contributed by atoms with Crippen LogP contribution in [0.15, 0.2) is 27.6 Å². The summed E-state index contributed by atoms with van der Waals surface area (Å²) in [5.41, 5.74) is 6.58. The largest absolute Gasteiger partial charge is 0.398 e. The summed E-state index contributed by atoms with van der Waals surface area (Å²) in [6.07, 6.45) is 0. The Bertz CT molecular complexity index is 394. The van der Waals surface area contributed by atoms with Crippen LogP contribution in [-0.2, 0) is 4.79 Å². The maximum Gasteiger partial charge on any atom is 0.232 e. The normalized spacial score (nSPS) is 10.3. The van der Waals surface area contributed by atoms with Crippen LogP contribution >= 0.6 is 27.7 Å². The molecule has 0 heterocycles. The number of hydrogen-bond acceptors (Lipinski definition) is 3. The maximum atomic E-state index is 11.8. The summed E-state index contributed by atoms with van der Waals surface area (Å²) in [4.78, 5) is 14.6. The number of nitrogens with two attached hydrogens (primary N) is 1. The summed E-state index contributed by atoms with van der Waals surface area (Å²) in [5, 5.41) is 0. The van der Waals surface area contributed by atoms with Gasteiger partial charge in [-0.3, -0.25) is 4.79 Å². The van der Waals surface area contributed by atoms with E-state index in [9.17, 15) is 4.79 Å². The molecule has 0 aliphatic rings. The molecule has 1 amide bonds. The molecule has 0 aliphatic heterocycles. The van der Waals surface area contributed by atoms with Crippen LogP contribution in [0.1, 0.15) is 13.8 Å². The van der Waals surface area contributed by atoms with Crippen LogP contribution in [0, 0.1) is 0 Å². The summed E-state index contributed by atoms with van der Waals surface area (Å²) in [6, 6.07) is 5.71. The lowest BCUT2D eigenvalue weighted by atomic mass is 10.3. The number of amides is 1. The first-order valence-electron chi connectivity index (χ1n) is 5.54. The van der Waals surface area contributed by atoms with Crippen LogP contribution in [0.2, 0.25) is 0 Å². The summed E-state index contributed by atoms with van der Waals surface area (Å²) in [7, 11) is 0. The van der Waals surface area contributed by atoms with Crippen molar-refractivity contribution < 1.29 is 4.79 Å². The minimum atomic E-state index is 0.155. The zero-order valence-corrected chi connectivity index (χ0v) is 12.5. The van der Waals surface area contributed by atoms with E-state index in [1.807, 2.05) is 36.9 Å². The van der Waals surface area contributed by atoms with Gasteiger partial charge >= 0.3 is 0 Å². The van der Waals surface area contributed by atoms with Crippen molar-refractivity contribution in [3.05, 3.63) is 22.7 Å². The van der Waals surface area contributed by atoms with Crippen LogP contribution in [-0.4, -0.2) is 29.6 Å². The molecule has 0 fully saturated rings. The zero-order chi connectivity index (χ0) is 12.8. The first-order chi connectivity index (χ1) is 8.08. The summed E-state index contributed by atoms with van der Waals surface area (Å²) in [6.45, 7) is 5.48. The van der Waals surface area contributed by atoms with E-state index in [-0.39, 0.29) is 5.91 Å². The first-order valence-corrected chi connectivity index (χ1v) is 7.32. The molecule has 2 N–H and O–H groups in total. The molecule has 94 valence electrons. The molecule has 1 aromatic carbocycles. The highest BCUT2D eigenvalue weighted by molar-refractivity contribution is 9.10. The van der Waals surface area contributed by atoms with Gasteiger partial charge in [-0.15, -0.1) is 11.8 Å². The topological polar surface area (TPSA) is 46.3 Å². The Morgan fingerprint density at radius 1 is 1.41 bits per heavy atom. The second-order valence-corrected chi connectivity index (χ2v) is 5.47. The van der Waals surface area contributed by atoms with Crippen molar-refractivity contribution >= 4 is 39.3 Å². The average molecular weight is 317 g/mol. The molecule has 0 saturated carbocycles. The van der Waals surface area contributed by atoms with Crippen LogP contribution in [0.5, 0.6) is 0 Å². The van der Waals surface area contributed by atoms with Crippen molar-refractivity contribution in [2.75, 3.05) is 24.6 Å². The van der Waals surface area contributed by atoms with E-state index in [1.54, 1.807) is 0 Å². The predicted molar refractivity (Wildman–Crippen MR) is 77.2 cm³/mol. The highest BCUT2D eigenvalue weighted by Crippen LogP contribution is 2.27. The number of hydrogen-bond donors (Lipinski definition) is 1. The molecule has 3 nitrogen and oxygen atoms in total. The molecule has 0 radical (unpaired) electrons. The number of carbonyl (C=O) groups excluding carboxylic acids is 1. The molecule has 0 spiro atoms. The summed E-state index contributed by atoms with van der Waals surface area (Å²) >= 11 is 4.84. The number of rotatable bonds is 5. The van der Waals surface area contributed by atoms with E-state index < -0.39 is 0 Å². The van der Waals surface area contributed by atoms with E-state index >= 15 is 0 Å². The van der Waals surface area contributed by atoms with Crippen LogP contribution in [0.25, 0.3) is 0 Å². The van der Waals surface area contributed by atoms with E-state index in [1.165, 1.54) is 11.8 Å². The number of carbonyl (C=O) groups is 1. The second-order valence-electron chi connectivity index (χ2n) is 3.54. The van der Waals surface area contributed by atoms with Crippen molar-refractivity contribution in [3.63, 3.8) is 0 Å². The van der Waals surface area contributed by atoms with Gasteiger partial charge in [-0.05, 0) is 32.0 Å². The van der Waals surface area contributed by atoms with E-state index in [0.717, 1.165) is 22.5 Å². The quantitative estimate of drug-likeness (QED) is 0.671. The average Bonchev–Trinajstić information content (AvgIpc) is 2.29. The fraction of sp³-hybridized carbons (Fsp3) is 0.417. The fourth-order valence-electron chi connectivity index (χ4n) is 1.46. The standard InChI is InChI=1S/C12H17BrN2OS/c1-3-15(4-2)12(16)8-17-11-6-5-9(13)7-10(11)14/h5-7H,3-4,8,14H2,1-2H3. The predicted octanol–water partition coefficient (Wildman–Crippen LogP) is 2.99. The van der Waals surface area contributed by atoms with Gasteiger partial charge in [-0.1, -0.05) is 15.9 Å². The lowest BCUT2D eigenvalue weighted by Gasteiger charge is -2.18. The Balaban J connectivity index is 2.58. The molecule has 1 rings (SSSR count). The number of nitrogen functional groups attached to an aromatic ring is 1. The Morgan fingerprint density at radius 3 is 2.59 bits per heavy atom. The van der Waals surface area contributed by atoms with E-state index in [2.05, 4.69) is 15.9 Å². The highest BCUT2D eigenvalue weighted by atomic mass is 79.9. The van der Waals surface area contributed by atoms with Gasteiger partial charge < -0.3 is 10.6 Å². The van der Waals surface area contributed by atoms with Gasteiger partial charge in [0.2, 0.25) is 5.91 Å². The Morgan fingerprint density at radius 2 is 2.06 bits per heavy atom. The number of anilines is 1. The van der Waals surface area contributed by atoms with Gasteiger partial charge in [0.25, 0.3) is 0 Å². The molecule has 0 unspecified atom stereocenters. The van der Waals surface area contributed by atoms with E-state index in [4.69, 9.17) is 5.73 Å².